The first-order chi connectivity index (χ1) is 8.48. The second-order valence-electron chi connectivity index (χ2n) is 4.30. The van der Waals surface area contributed by atoms with Crippen LogP contribution in [-0.2, 0) is 17.5 Å². The first-order valence-corrected chi connectivity index (χ1v) is 5.61. The lowest BCUT2D eigenvalue weighted by Gasteiger charge is -2.26. The summed E-state index contributed by atoms with van der Waals surface area (Å²) in [4.78, 5) is 0. The maximum Gasteiger partial charge on any atom is 0.416 e. The van der Waals surface area contributed by atoms with E-state index in [-0.39, 0.29) is 6.61 Å². The lowest BCUT2D eigenvalue weighted by atomic mass is 10.1. The monoisotopic (exact) mass is 263 g/mol. The molecule has 0 saturated carbocycles. The summed E-state index contributed by atoms with van der Waals surface area (Å²) >= 11 is 0. The molecule has 0 atom stereocenters. The number of nitrogens with one attached hydrogen (secondary N) is 1. The van der Waals surface area contributed by atoms with Gasteiger partial charge in [0, 0.05) is 24.6 Å². The highest BCUT2D eigenvalue weighted by atomic mass is 19.4. The predicted molar refractivity (Wildman–Crippen MR) is 57.4 cm³/mol. The van der Waals surface area contributed by atoms with Gasteiger partial charge in [-0.2, -0.15) is 13.2 Å². The number of hydrogen-bond donors (Lipinski definition) is 1. The molecule has 2 nitrogen and oxygen atoms in total. The summed E-state index contributed by atoms with van der Waals surface area (Å²) in [6.07, 6.45) is -4.56. The van der Waals surface area contributed by atoms with E-state index in [1.165, 1.54) is 0 Å². The summed E-state index contributed by atoms with van der Waals surface area (Å²) in [6.45, 7) is 1.59. The molecule has 1 heterocycles. The van der Waals surface area contributed by atoms with E-state index in [2.05, 4.69) is 5.32 Å². The quantitative estimate of drug-likeness (QED) is 0.843. The third kappa shape index (κ3) is 3.00. The Morgan fingerprint density at radius 3 is 2.56 bits per heavy atom. The van der Waals surface area contributed by atoms with Crippen LogP contribution in [0.2, 0.25) is 0 Å². The second kappa shape index (κ2) is 5.24. The van der Waals surface area contributed by atoms with Crippen LogP contribution in [-0.4, -0.2) is 19.7 Å². The lowest BCUT2D eigenvalue weighted by molar-refractivity contribution is -0.139. The standard InChI is InChI=1S/C12H13F4NO/c13-11-3-1-2-10(12(14,15)16)9(11)7-18-6-8-4-17-5-8/h1-3,8,17H,4-7H2. The molecule has 100 valence electrons. The molecule has 0 aliphatic carbocycles. The number of rotatable bonds is 4. The Hall–Kier alpha value is -1.14. The molecule has 0 aromatic heterocycles. The van der Waals surface area contributed by atoms with Crippen molar-refractivity contribution in [3.05, 3.63) is 35.1 Å². The summed E-state index contributed by atoms with van der Waals surface area (Å²) in [6, 6.07) is 2.93. The summed E-state index contributed by atoms with van der Waals surface area (Å²) in [7, 11) is 0. The Kier molecular flexibility index (Phi) is 3.87. The van der Waals surface area contributed by atoms with Crippen molar-refractivity contribution in [2.75, 3.05) is 19.7 Å². The lowest BCUT2D eigenvalue weighted by Crippen LogP contribution is -2.44. The topological polar surface area (TPSA) is 21.3 Å². The first kappa shape index (κ1) is 13.3. The van der Waals surface area contributed by atoms with Gasteiger partial charge in [0.15, 0.2) is 0 Å². The van der Waals surface area contributed by atoms with Crippen molar-refractivity contribution in [1.82, 2.24) is 5.32 Å². The van der Waals surface area contributed by atoms with Crippen LogP contribution in [0.15, 0.2) is 18.2 Å². The number of hydrogen-bond acceptors (Lipinski definition) is 2. The van der Waals surface area contributed by atoms with Gasteiger partial charge < -0.3 is 10.1 Å². The third-order valence-electron chi connectivity index (χ3n) is 2.89. The molecular weight excluding hydrogens is 250 g/mol. The van der Waals surface area contributed by atoms with Crippen LogP contribution in [0.3, 0.4) is 0 Å². The van der Waals surface area contributed by atoms with Crippen molar-refractivity contribution >= 4 is 0 Å². The normalized spacial score (nSPS) is 16.7. The molecule has 6 heteroatoms. The molecule has 0 bridgehead atoms. The fraction of sp³-hybridized carbons (Fsp3) is 0.500. The van der Waals surface area contributed by atoms with Crippen molar-refractivity contribution in [1.29, 1.82) is 0 Å². The van der Waals surface area contributed by atoms with Crippen LogP contribution >= 0.6 is 0 Å². The summed E-state index contributed by atoms with van der Waals surface area (Å²) in [5.41, 5.74) is -1.38. The van der Waals surface area contributed by atoms with Crippen molar-refractivity contribution in [3.63, 3.8) is 0 Å². The Bertz CT molecular complexity index is 415. The molecular formula is C12H13F4NO. The summed E-state index contributed by atoms with van der Waals surface area (Å²) < 4.78 is 56.5. The van der Waals surface area contributed by atoms with E-state index < -0.39 is 23.1 Å². The number of benzene rings is 1. The van der Waals surface area contributed by atoms with Gasteiger partial charge in [0.25, 0.3) is 0 Å². The Labute approximate surface area is 102 Å². The average Bonchev–Trinajstić information content (AvgIpc) is 2.22. The van der Waals surface area contributed by atoms with Crippen LogP contribution in [0.5, 0.6) is 0 Å². The maximum atomic E-state index is 13.4. The molecule has 1 saturated heterocycles. The molecule has 1 aromatic carbocycles. The van der Waals surface area contributed by atoms with Crippen LogP contribution in [0.1, 0.15) is 11.1 Å². The van der Waals surface area contributed by atoms with Gasteiger partial charge in [-0.25, -0.2) is 4.39 Å². The van der Waals surface area contributed by atoms with Crippen LogP contribution < -0.4 is 5.32 Å². The minimum Gasteiger partial charge on any atom is -0.376 e. The molecule has 0 amide bonds. The predicted octanol–water partition coefficient (Wildman–Crippen LogP) is 2.58. The largest absolute Gasteiger partial charge is 0.416 e. The number of alkyl halides is 3. The number of ether oxygens (including phenoxy) is 1. The van der Waals surface area contributed by atoms with Gasteiger partial charge in [-0.05, 0) is 12.1 Å². The minimum absolute atomic E-state index is 0.311. The molecule has 0 spiro atoms. The van der Waals surface area contributed by atoms with E-state index in [4.69, 9.17) is 4.74 Å². The highest BCUT2D eigenvalue weighted by molar-refractivity contribution is 5.30. The van der Waals surface area contributed by atoms with E-state index >= 15 is 0 Å². The van der Waals surface area contributed by atoms with Gasteiger partial charge >= 0.3 is 6.18 Å². The fourth-order valence-corrected chi connectivity index (χ4v) is 1.76. The number of halogens is 4. The molecule has 0 radical (unpaired) electrons. The van der Waals surface area contributed by atoms with E-state index in [9.17, 15) is 17.6 Å². The van der Waals surface area contributed by atoms with Gasteiger partial charge in [0.2, 0.25) is 0 Å². The van der Waals surface area contributed by atoms with Gasteiger partial charge in [-0.15, -0.1) is 0 Å². The molecule has 1 aromatic rings. The zero-order valence-electron chi connectivity index (χ0n) is 9.56. The Morgan fingerprint density at radius 2 is 2.00 bits per heavy atom. The Morgan fingerprint density at radius 1 is 1.28 bits per heavy atom. The molecule has 2 rings (SSSR count). The molecule has 18 heavy (non-hydrogen) atoms. The third-order valence-corrected chi connectivity index (χ3v) is 2.89. The van der Waals surface area contributed by atoms with Gasteiger partial charge in [0.05, 0.1) is 18.8 Å². The summed E-state index contributed by atoms with van der Waals surface area (Å²) in [5, 5.41) is 3.02. The zero-order valence-corrected chi connectivity index (χ0v) is 9.56. The van der Waals surface area contributed by atoms with Crippen molar-refractivity contribution < 1.29 is 22.3 Å². The molecule has 1 fully saturated rings. The smallest absolute Gasteiger partial charge is 0.376 e. The first-order valence-electron chi connectivity index (χ1n) is 5.61. The van der Waals surface area contributed by atoms with E-state index in [0.29, 0.717) is 12.5 Å². The van der Waals surface area contributed by atoms with Crippen LogP contribution in [0.25, 0.3) is 0 Å². The highest BCUT2D eigenvalue weighted by Gasteiger charge is 2.34. The summed E-state index contributed by atoms with van der Waals surface area (Å²) in [5.74, 6) is -0.567. The van der Waals surface area contributed by atoms with Gasteiger partial charge in [-0.1, -0.05) is 6.07 Å². The van der Waals surface area contributed by atoms with E-state index in [0.717, 1.165) is 31.3 Å². The molecule has 1 aliphatic rings. The minimum atomic E-state index is -4.56. The van der Waals surface area contributed by atoms with Crippen LogP contribution in [0.4, 0.5) is 17.6 Å². The van der Waals surface area contributed by atoms with E-state index in [1.54, 1.807) is 0 Å². The Balaban J connectivity index is 2.05. The second-order valence-corrected chi connectivity index (χ2v) is 4.30. The van der Waals surface area contributed by atoms with Crippen molar-refractivity contribution in [3.8, 4) is 0 Å². The van der Waals surface area contributed by atoms with Gasteiger partial charge in [-0.3, -0.25) is 0 Å². The van der Waals surface area contributed by atoms with Crippen LogP contribution in [0, 0.1) is 11.7 Å². The van der Waals surface area contributed by atoms with Gasteiger partial charge in [0.1, 0.15) is 5.82 Å². The zero-order chi connectivity index (χ0) is 13.2. The average molecular weight is 263 g/mol. The van der Waals surface area contributed by atoms with Crippen molar-refractivity contribution in [2.24, 2.45) is 5.92 Å². The highest BCUT2D eigenvalue weighted by Crippen LogP contribution is 2.33. The van der Waals surface area contributed by atoms with Crippen molar-refractivity contribution in [2.45, 2.75) is 12.8 Å². The molecule has 1 aliphatic heterocycles. The maximum absolute atomic E-state index is 13.4. The molecule has 0 unspecified atom stereocenters. The fourth-order valence-electron chi connectivity index (χ4n) is 1.76. The SMILES string of the molecule is Fc1cccc(C(F)(F)F)c1COCC1CNC1. The van der Waals surface area contributed by atoms with E-state index in [1.807, 2.05) is 0 Å². The molecule has 1 N–H and O–H groups in total.